The van der Waals surface area contributed by atoms with Crippen LogP contribution in [0.3, 0.4) is 0 Å². The average Bonchev–Trinajstić information content (AvgIpc) is 2.90. The lowest BCUT2D eigenvalue weighted by Gasteiger charge is -2.54. The number of carbonyl (C=O) groups excluding carboxylic acids is 4. The molecule has 0 saturated heterocycles. The number of amides is 1. The summed E-state index contributed by atoms with van der Waals surface area (Å²) in [6, 6.07) is 3.22. The molecule has 0 unspecified atom stereocenters. The molecular formula is C29H37N3O9S. The molecule has 1 fully saturated rings. The molecule has 228 valence electrons. The molecule has 0 aliphatic heterocycles. The maximum absolute atomic E-state index is 14.4. The van der Waals surface area contributed by atoms with Gasteiger partial charge in [-0.2, -0.15) is 11.8 Å². The fourth-order valence-corrected chi connectivity index (χ4v) is 7.70. The number of hydrogen-bond donors (Lipinski definition) is 5. The van der Waals surface area contributed by atoms with E-state index in [9.17, 15) is 39.6 Å². The minimum atomic E-state index is -2.96. The Morgan fingerprint density at radius 2 is 1.79 bits per heavy atom. The van der Waals surface area contributed by atoms with Gasteiger partial charge in [-0.1, -0.05) is 19.1 Å². The van der Waals surface area contributed by atoms with E-state index in [1.807, 2.05) is 19.0 Å². The molecule has 1 aromatic rings. The first-order chi connectivity index (χ1) is 19.7. The van der Waals surface area contributed by atoms with Crippen molar-refractivity contribution in [2.24, 2.45) is 17.6 Å². The van der Waals surface area contributed by atoms with E-state index in [-0.39, 0.29) is 23.3 Å². The van der Waals surface area contributed by atoms with Crippen LogP contribution in [0.4, 0.5) is 0 Å². The third-order valence-electron chi connectivity index (χ3n) is 8.31. The number of benzene rings is 1. The Morgan fingerprint density at radius 1 is 1.12 bits per heavy atom. The highest BCUT2D eigenvalue weighted by atomic mass is 32.2. The van der Waals surface area contributed by atoms with Crippen molar-refractivity contribution in [1.82, 2.24) is 9.80 Å². The van der Waals surface area contributed by atoms with Gasteiger partial charge in [0.15, 0.2) is 11.4 Å². The number of nitrogens with two attached hydrogens (primary N) is 1. The predicted molar refractivity (Wildman–Crippen MR) is 155 cm³/mol. The number of ketones is 2. The number of aromatic hydroxyl groups is 1. The molecule has 0 radical (unpaired) electrons. The quantitative estimate of drug-likeness (QED) is 0.151. The maximum Gasteiger partial charge on any atom is 0.305 e. The number of aliphatic hydroxyl groups excluding tert-OH is 2. The molecule has 0 bridgehead atoms. The van der Waals surface area contributed by atoms with Gasteiger partial charge in [0.05, 0.1) is 17.5 Å². The Hall–Kier alpha value is -3.39. The van der Waals surface area contributed by atoms with E-state index in [0.29, 0.717) is 17.1 Å². The number of aliphatic hydroxyl groups is 3. The SMILES string of the molecule is CCC(=O)O[C@H]1[C@H]2C(=C(O)c3c(O)cccc3[C@@H]2CSCCN(C)C)C(=O)[C@]2(O)C(O)=C(C(N)=O)C(=O)[C@@H](N(C)C)[C@H]12. The zero-order valence-electron chi connectivity index (χ0n) is 24.2. The molecule has 13 heteroatoms. The monoisotopic (exact) mass is 603 g/mol. The van der Waals surface area contributed by atoms with E-state index in [1.165, 1.54) is 25.1 Å². The molecule has 6 N–H and O–H groups in total. The second-order valence-corrected chi connectivity index (χ2v) is 12.5. The topological polar surface area (TPSA) is 191 Å². The zero-order valence-corrected chi connectivity index (χ0v) is 25.0. The summed E-state index contributed by atoms with van der Waals surface area (Å²) >= 11 is 1.54. The lowest BCUT2D eigenvalue weighted by molar-refractivity contribution is -0.185. The van der Waals surface area contributed by atoms with E-state index < -0.39 is 76.0 Å². The molecule has 1 amide bonds. The summed E-state index contributed by atoms with van der Waals surface area (Å²) in [5, 5.41) is 45.7. The predicted octanol–water partition coefficient (Wildman–Crippen LogP) is 0.732. The minimum Gasteiger partial charge on any atom is -0.508 e. The summed E-state index contributed by atoms with van der Waals surface area (Å²) in [6.07, 6.45) is -1.50. The van der Waals surface area contributed by atoms with Crippen molar-refractivity contribution >= 4 is 41.0 Å². The Bertz CT molecular complexity index is 1390. The third-order valence-corrected chi connectivity index (χ3v) is 9.37. The summed E-state index contributed by atoms with van der Waals surface area (Å²) in [6.45, 7) is 2.29. The lowest BCUT2D eigenvalue weighted by Crippen LogP contribution is -2.71. The number of Topliss-reactive ketones (excluding diaryl/α,β-unsaturated/α-hetero) is 2. The van der Waals surface area contributed by atoms with E-state index >= 15 is 0 Å². The number of nitrogens with zero attached hydrogens (tertiary/aromatic N) is 2. The standard InChI is InChI=1S/C29H37N3O9S/c1-6-16(34)41-25-18-14(12-42-11-10-31(2)3)13-8-7-9-15(33)17(13)23(35)19(18)26(37)29(40)21(25)22(32(4)5)24(36)20(27(29)38)28(30)39/h7-9,14,18,21-22,25,33,35,38,40H,6,10-12H2,1-5H3,(H2,30,39)/t14-,18+,21+,22-,25-,29-/m0/s1. The van der Waals surface area contributed by atoms with Crippen LogP contribution < -0.4 is 5.73 Å². The van der Waals surface area contributed by atoms with E-state index in [4.69, 9.17) is 10.5 Å². The molecule has 0 heterocycles. The molecular weight excluding hydrogens is 566 g/mol. The zero-order chi connectivity index (χ0) is 31.3. The number of likely N-dealkylation sites (N-methyl/N-ethyl adjacent to an activating group) is 1. The van der Waals surface area contributed by atoms with Crippen LogP contribution in [0.2, 0.25) is 0 Å². The van der Waals surface area contributed by atoms with Crippen molar-refractivity contribution in [1.29, 1.82) is 0 Å². The van der Waals surface area contributed by atoms with E-state index in [1.54, 1.807) is 30.8 Å². The van der Waals surface area contributed by atoms with Crippen LogP contribution in [-0.4, -0.2) is 118 Å². The normalized spacial score (nSPS) is 29.0. The Labute approximate surface area is 247 Å². The number of ether oxygens (including phenoxy) is 1. The highest BCUT2D eigenvalue weighted by Gasteiger charge is 2.69. The average molecular weight is 604 g/mol. The van der Waals surface area contributed by atoms with Crippen LogP contribution in [0.5, 0.6) is 5.75 Å². The number of rotatable bonds is 9. The number of esters is 1. The molecule has 0 aromatic heterocycles. The van der Waals surface area contributed by atoms with E-state index in [2.05, 4.69) is 0 Å². The summed E-state index contributed by atoms with van der Waals surface area (Å²) in [5.74, 6) is -8.61. The van der Waals surface area contributed by atoms with Crippen molar-refractivity contribution in [3.8, 4) is 5.75 Å². The molecule has 12 nitrogen and oxygen atoms in total. The highest BCUT2D eigenvalue weighted by molar-refractivity contribution is 7.99. The smallest absolute Gasteiger partial charge is 0.305 e. The molecule has 0 spiro atoms. The van der Waals surface area contributed by atoms with Gasteiger partial charge < -0.3 is 35.8 Å². The van der Waals surface area contributed by atoms with Gasteiger partial charge in [0.1, 0.15) is 28.9 Å². The van der Waals surface area contributed by atoms with Gasteiger partial charge in [0.2, 0.25) is 5.78 Å². The van der Waals surface area contributed by atoms with Gasteiger partial charge in [-0.25, -0.2) is 0 Å². The Kier molecular flexibility index (Phi) is 8.79. The minimum absolute atomic E-state index is 0.0208. The van der Waals surface area contributed by atoms with Crippen molar-refractivity contribution in [3.63, 3.8) is 0 Å². The van der Waals surface area contributed by atoms with Crippen molar-refractivity contribution in [2.75, 3.05) is 46.2 Å². The van der Waals surface area contributed by atoms with Gasteiger partial charge in [-0.3, -0.25) is 24.1 Å². The Balaban J connectivity index is 2.04. The second kappa shape index (κ2) is 11.7. The molecule has 42 heavy (non-hydrogen) atoms. The van der Waals surface area contributed by atoms with E-state index in [0.717, 1.165) is 6.54 Å². The van der Waals surface area contributed by atoms with Gasteiger partial charge >= 0.3 is 5.97 Å². The van der Waals surface area contributed by atoms with Crippen LogP contribution >= 0.6 is 11.8 Å². The second-order valence-electron chi connectivity index (χ2n) is 11.3. The maximum atomic E-state index is 14.4. The summed E-state index contributed by atoms with van der Waals surface area (Å²) in [5.41, 5.74) is 1.61. The molecule has 6 atom stereocenters. The summed E-state index contributed by atoms with van der Waals surface area (Å²) in [7, 11) is 6.82. The number of phenolic OH excluding ortho intramolecular Hbond substituents is 1. The molecule has 3 aliphatic carbocycles. The number of carbonyl (C=O) groups is 4. The number of phenols is 1. The lowest BCUT2D eigenvalue weighted by atomic mass is 9.54. The summed E-state index contributed by atoms with van der Waals surface area (Å²) < 4.78 is 5.93. The fraction of sp³-hybridized carbons (Fsp3) is 0.517. The first-order valence-corrected chi connectivity index (χ1v) is 14.7. The van der Waals surface area contributed by atoms with Crippen molar-refractivity contribution < 1.29 is 44.3 Å². The van der Waals surface area contributed by atoms with Crippen LogP contribution in [0.15, 0.2) is 35.1 Å². The van der Waals surface area contributed by atoms with Crippen LogP contribution in [-0.2, 0) is 23.9 Å². The van der Waals surface area contributed by atoms with Crippen LogP contribution in [0.25, 0.3) is 5.76 Å². The number of hydrogen-bond acceptors (Lipinski definition) is 12. The number of fused-ring (bicyclic) bond motifs is 3. The molecule has 1 saturated carbocycles. The first kappa shape index (κ1) is 31.5. The number of thioether (sulfide) groups is 1. The highest BCUT2D eigenvalue weighted by Crippen LogP contribution is 2.57. The first-order valence-electron chi connectivity index (χ1n) is 13.6. The van der Waals surface area contributed by atoms with Crippen LogP contribution in [0.1, 0.15) is 30.4 Å². The molecule has 1 aromatic carbocycles. The van der Waals surface area contributed by atoms with Gasteiger partial charge in [0, 0.05) is 41.9 Å². The van der Waals surface area contributed by atoms with Crippen molar-refractivity contribution in [2.45, 2.75) is 37.0 Å². The third kappa shape index (κ3) is 4.87. The van der Waals surface area contributed by atoms with Gasteiger partial charge in [-0.15, -0.1) is 0 Å². The molecule has 4 rings (SSSR count). The number of primary amides is 1. The van der Waals surface area contributed by atoms with Gasteiger partial charge in [0.25, 0.3) is 5.91 Å². The van der Waals surface area contributed by atoms with Crippen molar-refractivity contribution in [3.05, 3.63) is 46.2 Å². The van der Waals surface area contributed by atoms with Gasteiger partial charge in [-0.05, 0) is 39.8 Å². The summed E-state index contributed by atoms with van der Waals surface area (Å²) in [4.78, 5) is 56.6. The fourth-order valence-electron chi connectivity index (χ4n) is 6.40. The molecule has 3 aliphatic rings. The van der Waals surface area contributed by atoms with Crippen LogP contribution in [0, 0.1) is 11.8 Å². The Morgan fingerprint density at radius 3 is 2.36 bits per heavy atom. The largest absolute Gasteiger partial charge is 0.508 e.